The van der Waals surface area contributed by atoms with Crippen molar-refractivity contribution in [1.82, 2.24) is 14.9 Å². The lowest BCUT2D eigenvalue weighted by Crippen LogP contribution is -2.50. The van der Waals surface area contributed by atoms with Gasteiger partial charge in [-0.05, 0) is 35.2 Å². The molecule has 9 nitrogen and oxygen atoms in total. The van der Waals surface area contributed by atoms with Gasteiger partial charge in [-0.15, -0.1) is 11.3 Å². The normalized spacial score (nSPS) is 16.6. The number of ether oxygens (including phenoxy) is 1. The van der Waals surface area contributed by atoms with E-state index in [0.717, 1.165) is 10.1 Å². The molecule has 11 heteroatoms. The van der Waals surface area contributed by atoms with Gasteiger partial charge in [0, 0.05) is 24.3 Å². The van der Waals surface area contributed by atoms with E-state index in [9.17, 15) is 23.3 Å². The summed E-state index contributed by atoms with van der Waals surface area (Å²) in [6.45, 7) is 0.309. The van der Waals surface area contributed by atoms with Crippen molar-refractivity contribution in [3.63, 3.8) is 0 Å². The third-order valence-electron chi connectivity index (χ3n) is 6.55. The van der Waals surface area contributed by atoms with E-state index >= 15 is 0 Å². The van der Waals surface area contributed by atoms with Crippen molar-refractivity contribution in [2.24, 2.45) is 0 Å². The first-order valence-corrected chi connectivity index (χ1v) is 14.9. The Bertz CT molecular complexity index is 1650. The number of hydrogen-bond donors (Lipinski definition) is 2. The molecule has 4 aromatic rings. The van der Waals surface area contributed by atoms with Crippen LogP contribution in [0.3, 0.4) is 0 Å². The van der Waals surface area contributed by atoms with E-state index in [2.05, 4.69) is 10.6 Å². The smallest absolute Gasteiger partial charge is 0.262 e. The molecular formula is C29H26N4O5S2. The molecule has 204 valence electrons. The van der Waals surface area contributed by atoms with Crippen molar-refractivity contribution in [3.05, 3.63) is 101 Å². The lowest BCUT2D eigenvalue weighted by atomic mass is 10.1. The van der Waals surface area contributed by atoms with Crippen molar-refractivity contribution in [2.75, 3.05) is 26.2 Å². The van der Waals surface area contributed by atoms with Crippen LogP contribution < -0.4 is 10.6 Å². The lowest BCUT2D eigenvalue weighted by molar-refractivity contribution is -0.124. The summed E-state index contributed by atoms with van der Waals surface area (Å²) in [6.07, 6.45) is -0.614. The summed E-state index contributed by atoms with van der Waals surface area (Å²) in [4.78, 5) is 26.9. The minimum absolute atomic E-state index is 0.00647. The Morgan fingerprint density at radius 1 is 1.05 bits per heavy atom. The number of nitrogens with zero attached hydrogens (tertiary/aromatic N) is 2. The van der Waals surface area contributed by atoms with Gasteiger partial charge in [0.25, 0.3) is 5.91 Å². The second-order valence-electron chi connectivity index (χ2n) is 9.17. The summed E-state index contributed by atoms with van der Waals surface area (Å²) in [5.74, 6) is -0.813. The molecule has 0 saturated carbocycles. The van der Waals surface area contributed by atoms with E-state index in [1.807, 2.05) is 36.4 Å². The number of hydrogen-bond acceptors (Lipinski definition) is 7. The first kappa shape index (κ1) is 27.5. The Kier molecular flexibility index (Phi) is 8.23. The topological polar surface area (TPSA) is 129 Å². The summed E-state index contributed by atoms with van der Waals surface area (Å²) in [6, 6.07) is 25.4. The van der Waals surface area contributed by atoms with Crippen molar-refractivity contribution >= 4 is 43.3 Å². The number of benzene rings is 3. The number of amides is 2. The molecule has 0 aliphatic carbocycles. The van der Waals surface area contributed by atoms with Gasteiger partial charge in [-0.25, -0.2) is 8.42 Å². The van der Waals surface area contributed by atoms with Crippen LogP contribution in [0.15, 0.2) is 89.8 Å². The van der Waals surface area contributed by atoms with Crippen LogP contribution >= 0.6 is 11.3 Å². The Morgan fingerprint density at radius 2 is 1.77 bits per heavy atom. The second-order valence-corrected chi connectivity index (χ2v) is 12.2. The highest BCUT2D eigenvalue weighted by Gasteiger charge is 2.33. The largest absolute Gasteiger partial charge is 0.374 e. The molecule has 1 aliphatic rings. The molecular weight excluding hydrogens is 548 g/mol. The van der Waals surface area contributed by atoms with E-state index < -0.39 is 28.1 Å². The number of thiophene rings is 1. The van der Waals surface area contributed by atoms with Crippen molar-refractivity contribution < 1.29 is 22.7 Å². The van der Waals surface area contributed by atoms with Gasteiger partial charge in [0.05, 0.1) is 28.0 Å². The lowest BCUT2D eigenvalue weighted by Gasteiger charge is -2.32. The van der Waals surface area contributed by atoms with Gasteiger partial charge >= 0.3 is 0 Å². The fourth-order valence-corrected chi connectivity index (χ4v) is 7.08. The zero-order valence-electron chi connectivity index (χ0n) is 21.3. The molecule has 40 heavy (non-hydrogen) atoms. The number of sulfonamides is 1. The quantitative estimate of drug-likeness (QED) is 0.332. The molecule has 0 bridgehead atoms. The summed E-state index contributed by atoms with van der Waals surface area (Å²) in [7, 11) is -3.93. The standard InChI is InChI=1S/C29H26N4O5S2/c30-17-22-11-5-7-13-26(22)40(36,37)33-14-15-38-23(19-33)18-31-29(35)27(20-8-2-1-3-9-20)32-28(34)25-16-21-10-4-6-12-24(21)39-25/h1-13,16,23,27H,14-15,18-19H2,(H,31,35)(H,32,34)/t23?,27-/m0/s1. The monoisotopic (exact) mass is 574 g/mol. The minimum Gasteiger partial charge on any atom is -0.374 e. The third kappa shape index (κ3) is 5.90. The number of carbonyl (C=O) groups excluding carboxylic acids is 2. The average Bonchev–Trinajstić information content (AvgIpc) is 3.44. The fraction of sp³-hybridized carbons (Fsp3) is 0.207. The van der Waals surface area contributed by atoms with Gasteiger partial charge < -0.3 is 15.4 Å². The number of nitriles is 1. The zero-order valence-corrected chi connectivity index (χ0v) is 23.0. The summed E-state index contributed by atoms with van der Waals surface area (Å²) >= 11 is 1.35. The van der Waals surface area contributed by atoms with E-state index in [1.165, 1.54) is 27.8 Å². The molecule has 1 fully saturated rings. The maximum Gasteiger partial charge on any atom is 0.262 e. The molecule has 1 aliphatic heterocycles. The molecule has 0 radical (unpaired) electrons. The number of rotatable bonds is 8. The molecule has 3 aromatic carbocycles. The fourth-order valence-electron chi connectivity index (χ4n) is 4.52. The average molecular weight is 575 g/mol. The van der Waals surface area contributed by atoms with E-state index in [1.54, 1.807) is 42.5 Å². The summed E-state index contributed by atoms with van der Waals surface area (Å²) < 4.78 is 34.5. The summed E-state index contributed by atoms with van der Waals surface area (Å²) in [5.41, 5.74) is 0.676. The molecule has 2 heterocycles. The predicted molar refractivity (Wildman–Crippen MR) is 151 cm³/mol. The van der Waals surface area contributed by atoms with Crippen molar-refractivity contribution in [2.45, 2.75) is 17.0 Å². The van der Waals surface area contributed by atoms with Gasteiger partial charge in [0.15, 0.2) is 0 Å². The highest BCUT2D eigenvalue weighted by atomic mass is 32.2. The van der Waals surface area contributed by atoms with Crippen LogP contribution in [0.25, 0.3) is 10.1 Å². The Hall–Kier alpha value is -4.08. The summed E-state index contributed by atoms with van der Waals surface area (Å²) in [5, 5.41) is 16.0. The third-order valence-corrected chi connectivity index (χ3v) is 9.59. The first-order chi connectivity index (χ1) is 19.4. The molecule has 1 unspecified atom stereocenters. The van der Waals surface area contributed by atoms with E-state index in [-0.39, 0.29) is 42.6 Å². The molecule has 1 saturated heterocycles. The number of nitrogens with one attached hydrogen (secondary N) is 2. The molecule has 0 spiro atoms. The van der Waals surface area contributed by atoms with Crippen LogP contribution in [0.2, 0.25) is 0 Å². The molecule has 2 atom stereocenters. The van der Waals surface area contributed by atoms with E-state index in [4.69, 9.17) is 4.74 Å². The molecule has 5 rings (SSSR count). The van der Waals surface area contributed by atoms with Gasteiger partial charge in [0.1, 0.15) is 12.1 Å². The van der Waals surface area contributed by atoms with Crippen molar-refractivity contribution in [3.8, 4) is 6.07 Å². The molecule has 2 N–H and O–H groups in total. The highest BCUT2D eigenvalue weighted by molar-refractivity contribution is 7.89. The number of morpholine rings is 1. The number of carbonyl (C=O) groups is 2. The zero-order chi connectivity index (χ0) is 28.1. The maximum atomic E-state index is 13.4. The van der Waals surface area contributed by atoms with Gasteiger partial charge in [-0.3, -0.25) is 9.59 Å². The first-order valence-electron chi connectivity index (χ1n) is 12.6. The number of fused-ring (bicyclic) bond motifs is 1. The Morgan fingerprint density at radius 3 is 2.55 bits per heavy atom. The van der Waals surface area contributed by atoms with Crippen LogP contribution in [0.4, 0.5) is 0 Å². The molecule has 1 aromatic heterocycles. The predicted octanol–water partition coefficient (Wildman–Crippen LogP) is 3.45. The van der Waals surface area contributed by atoms with Crippen molar-refractivity contribution in [1.29, 1.82) is 5.26 Å². The van der Waals surface area contributed by atoms with Gasteiger partial charge in [-0.2, -0.15) is 9.57 Å². The minimum atomic E-state index is -3.93. The van der Waals surface area contributed by atoms with Gasteiger partial charge in [-0.1, -0.05) is 60.7 Å². The van der Waals surface area contributed by atoms with Crippen LogP contribution in [0.1, 0.15) is 26.8 Å². The van der Waals surface area contributed by atoms with E-state index in [0.29, 0.717) is 10.4 Å². The van der Waals surface area contributed by atoms with Gasteiger partial charge in [0.2, 0.25) is 15.9 Å². The Labute approximate surface area is 236 Å². The Balaban J connectivity index is 1.28. The van der Waals surface area contributed by atoms with Crippen LogP contribution in [-0.4, -0.2) is 56.9 Å². The molecule has 2 amide bonds. The van der Waals surface area contributed by atoms with Crippen LogP contribution in [0, 0.1) is 11.3 Å². The highest BCUT2D eigenvalue weighted by Crippen LogP contribution is 2.26. The van der Waals surface area contributed by atoms with Crippen LogP contribution in [-0.2, 0) is 19.6 Å². The second kappa shape index (κ2) is 12.0. The maximum absolute atomic E-state index is 13.4. The SMILES string of the molecule is N#Cc1ccccc1S(=O)(=O)N1CCOC(CNC(=O)[C@@H](NC(=O)c2cc3ccccc3s2)c2ccccc2)C1. The van der Waals surface area contributed by atoms with Crippen LogP contribution in [0.5, 0.6) is 0 Å².